The molecule has 3 aromatic rings. The second-order valence-corrected chi connectivity index (χ2v) is 8.29. The Morgan fingerprint density at radius 2 is 1.73 bits per heavy atom. The number of hydrogen-bond donors (Lipinski definition) is 2. The number of carbonyl (C=O) groups excluding carboxylic acids is 2. The van der Waals surface area contributed by atoms with Crippen molar-refractivity contribution in [3.05, 3.63) is 77.9 Å². The second kappa shape index (κ2) is 10.2. The summed E-state index contributed by atoms with van der Waals surface area (Å²) in [7, 11) is 0. The Morgan fingerprint density at radius 3 is 2.39 bits per heavy atom. The normalized spacial score (nSPS) is 13.8. The van der Waals surface area contributed by atoms with E-state index in [1.165, 1.54) is 0 Å². The first-order valence-electron chi connectivity index (χ1n) is 11.2. The molecule has 1 aliphatic rings. The van der Waals surface area contributed by atoms with Gasteiger partial charge in [0.15, 0.2) is 5.82 Å². The van der Waals surface area contributed by atoms with Crippen molar-refractivity contribution >= 4 is 23.3 Å². The number of nitrogens with one attached hydrogen (secondary N) is 2. The standard InChI is InChI=1S/C25H29N5O3/c1-18(2)28-22-6-3-11-26-23(22)29-12-14-30(15-13-29)25(32)20-9-7-19(8-10-20)24(31)27-17-21-5-4-16-33-21/h3-11,16,18,28H,12-15,17H2,1-2H3,(H,27,31). The topological polar surface area (TPSA) is 90.7 Å². The molecule has 0 bridgehead atoms. The lowest BCUT2D eigenvalue weighted by Gasteiger charge is -2.36. The van der Waals surface area contributed by atoms with Crippen molar-refractivity contribution in [3.63, 3.8) is 0 Å². The molecule has 4 rings (SSSR count). The average Bonchev–Trinajstić information content (AvgIpc) is 3.36. The number of amides is 2. The van der Waals surface area contributed by atoms with Crippen molar-refractivity contribution in [1.82, 2.24) is 15.2 Å². The number of anilines is 2. The van der Waals surface area contributed by atoms with Crippen LogP contribution in [0.1, 0.15) is 40.3 Å². The quantitative estimate of drug-likeness (QED) is 0.577. The SMILES string of the molecule is CC(C)Nc1cccnc1N1CCN(C(=O)c2ccc(C(=O)NCc3ccco3)cc2)CC1. The van der Waals surface area contributed by atoms with Crippen LogP contribution in [0.2, 0.25) is 0 Å². The summed E-state index contributed by atoms with van der Waals surface area (Å²) in [5.74, 6) is 1.37. The monoisotopic (exact) mass is 447 g/mol. The number of aromatic nitrogens is 1. The average molecular weight is 448 g/mol. The highest BCUT2D eigenvalue weighted by Crippen LogP contribution is 2.25. The number of furan rings is 1. The number of pyridine rings is 1. The van der Waals surface area contributed by atoms with E-state index < -0.39 is 0 Å². The molecule has 8 nitrogen and oxygen atoms in total. The summed E-state index contributed by atoms with van der Waals surface area (Å²) >= 11 is 0. The fraction of sp³-hybridized carbons (Fsp3) is 0.320. The highest BCUT2D eigenvalue weighted by atomic mass is 16.3. The molecule has 33 heavy (non-hydrogen) atoms. The van der Waals surface area contributed by atoms with Crippen molar-refractivity contribution < 1.29 is 14.0 Å². The Hall–Kier alpha value is -3.81. The van der Waals surface area contributed by atoms with Gasteiger partial charge >= 0.3 is 0 Å². The van der Waals surface area contributed by atoms with E-state index in [-0.39, 0.29) is 11.8 Å². The Bertz CT molecular complexity index is 1070. The molecular formula is C25H29N5O3. The third-order valence-corrected chi connectivity index (χ3v) is 5.49. The number of nitrogens with zero attached hydrogens (tertiary/aromatic N) is 3. The van der Waals surface area contributed by atoms with Crippen LogP contribution >= 0.6 is 0 Å². The van der Waals surface area contributed by atoms with E-state index in [9.17, 15) is 9.59 Å². The molecule has 172 valence electrons. The molecule has 3 heterocycles. The predicted molar refractivity (Wildman–Crippen MR) is 127 cm³/mol. The van der Waals surface area contributed by atoms with Gasteiger partial charge in [-0.05, 0) is 62.4 Å². The summed E-state index contributed by atoms with van der Waals surface area (Å²) in [5, 5.41) is 6.24. The van der Waals surface area contributed by atoms with E-state index in [0.717, 1.165) is 11.5 Å². The molecule has 1 fully saturated rings. The highest BCUT2D eigenvalue weighted by molar-refractivity contribution is 5.97. The first kappa shape index (κ1) is 22.4. The van der Waals surface area contributed by atoms with Gasteiger partial charge in [-0.25, -0.2) is 4.98 Å². The minimum Gasteiger partial charge on any atom is -0.467 e. The third-order valence-electron chi connectivity index (χ3n) is 5.49. The third kappa shape index (κ3) is 5.52. The first-order chi connectivity index (χ1) is 16.0. The van der Waals surface area contributed by atoms with Gasteiger partial charge in [0.25, 0.3) is 11.8 Å². The van der Waals surface area contributed by atoms with E-state index in [4.69, 9.17) is 4.42 Å². The summed E-state index contributed by atoms with van der Waals surface area (Å²) in [6, 6.07) is 14.6. The molecule has 0 radical (unpaired) electrons. The molecule has 0 unspecified atom stereocenters. The van der Waals surface area contributed by atoms with Crippen LogP contribution in [-0.4, -0.2) is 53.9 Å². The van der Waals surface area contributed by atoms with Crippen LogP contribution in [0.15, 0.2) is 65.4 Å². The van der Waals surface area contributed by atoms with E-state index in [2.05, 4.69) is 34.4 Å². The fourth-order valence-corrected chi connectivity index (χ4v) is 3.82. The molecule has 0 saturated carbocycles. The molecule has 2 amide bonds. The minimum atomic E-state index is -0.208. The Balaban J connectivity index is 1.33. The van der Waals surface area contributed by atoms with Gasteiger partial charge in [-0.3, -0.25) is 9.59 Å². The molecule has 1 aliphatic heterocycles. The zero-order valence-electron chi connectivity index (χ0n) is 19.0. The summed E-state index contributed by atoms with van der Waals surface area (Å²) in [6.45, 7) is 7.17. The zero-order valence-corrected chi connectivity index (χ0v) is 19.0. The van der Waals surface area contributed by atoms with Crippen molar-refractivity contribution in [2.45, 2.75) is 26.4 Å². The van der Waals surface area contributed by atoms with E-state index in [1.807, 2.05) is 17.0 Å². The van der Waals surface area contributed by atoms with Gasteiger partial charge in [0.2, 0.25) is 0 Å². The molecule has 8 heteroatoms. The number of carbonyl (C=O) groups is 2. The Labute approximate surface area is 193 Å². The van der Waals surface area contributed by atoms with Gasteiger partial charge in [0, 0.05) is 49.5 Å². The predicted octanol–water partition coefficient (Wildman–Crippen LogP) is 3.39. The molecular weight excluding hydrogens is 418 g/mol. The lowest BCUT2D eigenvalue weighted by Crippen LogP contribution is -2.49. The Morgan fingerprint density at radius 1 is 1.00 bits per heavy atom. The van der Waals surface area contributed by atoms with Crippen molar-refractivity contribution in [1.29, 1.82) is 0 Å². The summed E-state index contributed by atoms with van der Waals surface area (Å²) < 4.78 is 5.22. The van der Waals surface area contributed by atoms with Crippen LogP contribution in [0, 0.1) is 0 Å². The van der Waals surface area contributed by atoms with Crippen LogP contribution < -0.4 is 15.5 Å². The maximum absolute atomic E-state index is 13.0. The van der Waals surface area contributed by atoms with Crippen molar-refractivity contribution in [2.24, 2.45) is 0 Å². The van der Waals surface area contributed by atoms with E-state index in [1.54, 1.807) is 48.9 Å². The lowest BCUT2D eigenvalue weighted by molar-refractivity contribution is 0.0746. The molecule has 2 N–H and O–H groups in total. The van der Waals surface area contributed by atoms with Gasteiger partial charge in [-0.15, -0.1) is 0 Å². The van der Waals surface area contributed by atoms with Crippen LogP contribution in [0.25, 0.3) is 0 Å². The summed E-state index contributed by atoms with van der Waals surface area (Å²) in [4.78, 5) is 33.9. The lowest BCUT2D eigenvalue weighted by atomic mass is 10.1. The summed E-state index contributed by atoms with van der Waals surface area (Å²) in [6.07, 6.45) is 3.37. The molecule has 2 aromatic heterocycles. The van der Waals surface area contributed by atoms with Crippen LogP contribution in [-0.2, 0) is 6.54 Å². The zero-order chi connectivity index (χ0) is 23.2. The van der Waals surface area contributed by atoms with Crippen LogP contribution in [0.4, 0.5) is 11.5 Å². The largest absolute Gasteiger partial charge is 0.467 e. The maximum Gasteiger partial charge on any atom is 0.253 e. The van der Waals surface area contributed by atoms with E-state index >= 15 is 0 Å². The molecule has 1 saturated heterocycles. The van der Waals surface area contributed by atoms with Crippen molar-refractivity contribution in [3.8, 4) is 0 Å². The second-order valence-electron chi connectivity index (χ2n) is 8.29. The van der Waals surface area contributed by atoms with Gasteiger partial charge in [0.1, 0.15) is 5.76 Å². The molecule has 0 spiro atoms. The van der Waals surface area contributed by atoms with Gasteiger partial charge in [0.05, 0.1) is 18.5 Å². The molecule has 0 atom stereocenters. The number of hydrogen-bond acceptors (Lipinski definition) is 6. The van der Waals surface area contributed by atoms with E-state index in [0.29, 0.717) is 55.7 Å². The Kier molecular flexibility index (Phi) is 6.92. The van der Waals surface area contributed by atoms with Crippen LogP contribution in [0.3, 0.4) is 0 Å². The summed E-state index contributed by atoms with van der Waals surface area (Å²) in [5.41, 5.74) is 2.09. The van der Waals surface area contributed by atoms with Gasteiger partial charge in [-0.1, -0.05) is 0 Å². The fourth-order valence-electron chi connectivity index (χ4n) is 3.82. The molecule has 1 aromatic carbocycles. The van der Waals surface area contributed by atoms with Crippen molar-refractivity contribution in [2.75, 3.05) is 36.4 Å². The highest BCUT2D eigenvalue weighted by Gasteiger charge is 2.24. The minimum absolute atomic E-state index is 0.0289. The number of piperazine rings is 1. The van der Waals surface area contributed by atoms with Gasteiger partial charge in [-0.2, -0.15) is 0 Å². The van der Waals surface area contributed by atoms with Crippen LogP contribution in [0.5, 0.6) is 0 Å². The first-order valence-corrected chi connectivity index (χ1v) is 11.2. The number of benzene rings is 1. The van der Waals surface area contributed by atoms with Gasteiger partial charge < -0.3 is 24.9 Å². The smallest absolute Gasteiger partial charge is 0.253 e. The number of rotatable bonds is 7. The molecule has 0 aliphatic carbocycles. The maximum atomic E-state index is 13.0.